The van der Waals surface area contributed by atoms with Crippen molar-refractivity contribution in [2.45, 2.75) is 88.6 Å². The van der Waals surface area contributed by atoms with Crippen LogP contribution in [0.3, 0.4) is 0 Å². The van der Waals surface area contributed by atoms with E-state index in [0.29, 0.717) is 50.0 Å². The molecule has 14 heteroatoms. The van der Waals surface area contributed by atoms with Crippen LogP contribution in [0, 0.1) is 0 Å². The third-order valence-corrected chi connectivity index (χ3v) is 10.2. The molecule has 6 rings (SSSR count). The van der Waals surface area contributed by atoms with E-state index in [0.717, 1.165) is 30.4 Å². The first-order valence-electron chi connectivity index (χ1n) is 19.5. The van der Waals surface area contributed by atoms with E-state index in [9.17, 15) is 24.0 Å². The van der Waals surface area contributed by atoms with Crippen molar-refractivity contribution >= 4 is 40.9 Å². The fraction of sp³-hybridized carbons (Fsp3) is 0.429. The van der Waals surface area contributed by atoms with Gasteiger partial charge in [0.25, 0.3) is 5.89 Å². The van der Waals surface area contributed by atoms with Crippen molar-refractivity contribution in [3.8, 4) is 0 Å². The summed E-state index contributed by atoms with van der Waals surface area (Å²) < 4.78 is 17.2. The standard InChI is InChI=1S/C42H50N6O8/c43-23-11-10-19-33(37(49)39-45-32-18-8-9-20-36(32)56-39)44-38(50)35-26-31(55-42(53)47-24-12-3-13-25-47)27-48(35)40(51)34(22-21-29-14-4-1-5-15-29)46-41(52)54-28-30-16-6-2-7-17-30/h1-2,4-9,14-18,20,31,33-35H,3,10-13,19,21-28,43H2,(H,44,50)(H,46,52)/t31-,33+,34-,35+/m1/s1. The molecule has 2 saturated heterocycles. The van der Waals surface area contributed by atoms with E-state index < -0.39 is 54.0 Å². The fourth-order valence-electron chi connectivity index (χ4n) is 7.14. The molecule has 2 aliphatic rings. The lowest BCUT2D eigenvalue weighted by atomic mass is 10.0. The summed E-state index contributed by atoms with van der Waals surface area (Å²) in [5.74, 6) is -1.81. The number of para-hydroxylation sites is 2. The maximum absolute atomic E-state index is 14.6. The van der Waals surface area contributed by atoms with Gasteiger partial charge in [-0.3, -0.25) is 14.4 Å². The third kappa shape index (κ3) is 10.7. The topological polar surface area (TPSA) is 186 Å². The molecular weight excluding hydrogens is 716 g/mol. The van der Waals surface area contributed by atoms with Crippen molar-refractivity contribution in [2.75, 3.05) is 26.2 Å². The Labute approximate surface area is 326 Å². The summed E-state index contributed by atoms with van der Waals surface area (Å²) in [4.78, 5) is 76.5. The number of aryl methyl sites for hydroxylation is 1. The highest BCUT2D eigenvalue weighted by Gasteiger charge is 2.45. The first-order valence-corrected chi connectivity index (χ1v) is 19.5. The lowest BCUT2D eigenvalue weighted by Gasteiger charge is -2.29. The van der Waals surface area contributed by atoms with Crippen LogP contribution in [-0.2, 0) is 32.1 Å². The van der Waals surface area contributed by atoms with Crippen LogP contribution < -0.4 is 16.4 Å². The summed E-state index contributed by atoms with van der Waals surface area (Å²) in [6.07, 6.45) is 2.68. The average molecular weight is 767 g/mol. The number of ether oxygens (including phenoxy) is 2. The van der Waals surface area contributed by atoms with E-state index in [1.165, 1.54) is 4.90 Å². The number of hydrogen-bond donors (Lipinski definition) is 3. The van der Waals surface area contributed by atoms with E-state index in [4.69, 9.17) is 19.6 Å². The predicted molar refractivity (Wildman–Crippen MR) is 207 cm³/mol. The van der Waals surface area contributed by atoms with E-state index in [-0.39, 0.29) is 38.3 Å². The Bertz CT molecular complexity index is 1900. The second-order valence-corrected chi connectivity index (χ2v) is 14.3. The highest BCUT2D eigenvalue weighted by Crippen LogP contribution is 2.26. The highest BCUT2D eigenvalue weighted by molar-refractivity contribution is 6.01. The molecule has 4 atom stereocenters. The number of aromatic nitrogens is 1. The predicted octanol–water partition coefficient (Wildman–Crippen LogP) is 5.14. The molecule has 2 fully saturated rings. The maximum atomic E-state index is 14.6. The van der Waals surface area contributed by atoms with Crippen LogP contribution >= 0.6 is 0 Å². The summed E-state index contributed by atoms with van der Waals surface area (Å²) in [6, 6.07) is 22.4. The number of hydrogen-bond acceptors (Lipinski definition) is 10. The van der Waals surface area contributed by atoms with Crippen LogP contribution in [0.1, 0.15) is 73.2 Å². The summed E-state index contributed by atoms with van der Waals surface area (Å²) in [5.41, 5.74) is 8.42. The number of ketones is 1. The van der Waals surface area contributed by atoms with Crippen LogP contribution in [0.4, 0.5) is 9.59 Å². The van der Waals surface area contributed by atoms with Crippen LogP contribution in [0.15, 0.2) is 89.3 Å². The number of oxazole rings is 1. The highest BCUT2D eigenvalue weighted by atomic mass is 16.6. The van der Waals surface area contributed by atoms with Gasteiger partial charge in [-0.2, -0.15) is 0 Å². The zero-order valence-electron chi connectivity index (χ0n) is 31.5. The number of carbonyl (C=O) groups excluding carboxylic acids is 5. The number of nitrogens with one attached hydrogen (secondary N) is 2. The molecule has 0 bridgehead atoms. The van der Waals surface area contributed by atoms with E-state index in [1.807, 2.05) is 60.7 Å². The average Bonchev–Trinajstić information content (AvgIpc) is 3.87. The molecule has 4 N–H and O–H groups in total. The van der Waals surface area contributed by atoms with Gasteiger partial charge in [0.2, 0.25) is 17.6 Å². The van der Waals surface area contributed by atoms with Gasteiger partial charge < -0.3 is 40.1 Å². The van der Waals surface area contributed by atoms with Crippen LogP contribution in [0.5, 0.6) is 0 Å². The summed E-state index contributed by atoms with van der Waals surface area (Å²) >= 11 is 0. The smallest absolute Gasteiger partial charge is 0.410 e. The first kappa shape index (κ1) is 39.9. The number of nitrogens with zero attached hydrogens (tertiary/aromatic N) is 3. The molecule has 4 aromatic rings. The molecule has 0 spiro atoms. The number of rotatable bonds is 16. The Balaban J connectivity index is 1.23. The number of benzene rings is 3. The van der Waals surface area contributed by atoms with Crippen LogP contribution in [0.25, 0.3) is 11.1 Å². The third-order valence-electron chi connectivity index (χ3n) is 10.2. The molecule has 296 valence electrons. The van der Waals surface area contributed by atoms with Gasteiger partial charge in [0.05, 0.1) is 12.6 Å². The Hall–Kier alpha value is -5.76. The van der Waals surface area contributed by atoms with Crippen molar-refractivity contribution in [1.29, 1.82) is 0 Å². The molecule has 1 aromatic heterocycles. The largest absolute Gasteiger partial charge is 0.445 e. The van der Waals surface area contributed by atoms with E-state index in [1.54, 1.807) is 29.2 Å². The molecule has 0 saturated carbocycles. The van der Waals surface area contributed by atoms with Crippen molar-refractivity contribution in [3.63, 3.8) is 0 Å². The van der Waals surface area contributed by atoms with Gasteiger partial charge in [0.15, 0.2) is 5.58 Å². The Morgan fingerprint density at radius 2 is 1.52 bits per heavy atom. The van der Waals surface area contributed by atoms with E-state index in [2.05, 4.69) is 15.6 Å². The van der Waals surface area contributed by atoms with Crippen molar-refractivity contribution in [2.24, 2.45) is 5.73 Å². The van der Waals surface area contributed by atoms with Gasteiger partial charge in [-0.25, -0.2) is 14.6 Å². The van der Waals surface area contributed by atoms with Gasteiger partial charge in [-0.05, 0) is 81.2 Å². The molecule has 2 aliphatic heterocycles. The second kappa shape index (κ2) is 19.7. The molecule has 4 amide bonds. The second-order valence-electron chi connectivity index (χ2n) is 14.3. The van der Waals surface area contributed by atoms with Gasteiger partial charge >= 0.3 is 12.2 Å². The summed E-state index contributed by atoms with van der Waals surface area (Å²) in [6.45, 7) is 1.44. The SMILES string of the molecule is NCCCC[C@H](NC(=O)[C@@H]1C[C@@H](OC(=O)N2CCCCC2)CN1C(=O)[C@@H](CCc1ccccc1)NC(=O)OCc1ccccc1)C(=O)c1nc2ccccc2o1. The normalized spacial score (nSPS) is 17.9. The van der Waals surface area contributed by atoms with Crippen molar-refractivity contribution < 1.29 is 37.9 Å². The summed E-state index contributed by atoms with van der Waals surface area (Å²) in [7, 11) is 0. The van der Waals surface area contributed by atoms with Gasteiger partial charge in [-0.15, -0.1) is 0 Å². The van der Waals surface area contributed by atoms with Crippen molar-refractivity contribution in [1.82, 2.24) is 25.4 Å². The first-order chi connectivity index (χ1) is 27.3. The van der Waals surface area contributed by atoms with Gasteiger partial charge in [0, 0.05) is 19.5 Å². The number of piperidine rings is 1. The van der Waals surface area contributed by atoms with E-state index >= 15 is 0 Å². The number of alkyl carbamates (subject to hydrolysis) is 1. The minimum absolute atomic E-state index is 0.00476. The number of likely N-dealkylation sites (tertiary alicyclic amines) is 2. The molecule has 14 nitrogen and oxygen atoms in total. The summed E-state index contributed by atoms with van der Waals surface area (Å²) in [5, 5.41) is 5.61. The quantitative estimate of drug-likeness (QED) is 0.102. The van der Waals surface area contributed by atoms with Crippen LogP contribution in [0.2, 0.25) is 0 Å². The minimum Gasteiger partial charge on any atom is -0.445 e. The minimum atomic E-state index is -1.13. The molecule has 56 heavy (non-hydrogen) atoms. The maximum Gasteiger partial charge on any atom is 0.410 e. The zero-order valence-corrected chi connectivity index (χ0v) is 31.5. The van der Waals surface area contributed by atoms with Gasteiger partial charge in [0.1, 0.15) is 30.3 Å². The number of amides is 4. The van der Waals surface area contributed by atoms with Crippen molar-refractivity contribution in [3.05, 3.63) is 102 Å². The molecule has 0 aliphatic carbocycles. The van der Waals surface area contributed by atoms with Gasteiger partial charge in [-0.1, -0.05) is 72.8 Å². The Morgan fingerprint density at radius 3 is 2.23 bits per heavy atom. The van der Waals surface area contributed by atoms with Crippen LogP contribution in [-0.4, -0.2) is 95.0 Å². The molecule has 0 unspecified atom stereocenters. The number of unbranched alkanes of at least 4 members (excludes halogenated alkanes) is 1. The number of carbonyl (C=O) groups is 5. The molecule has 0 radical (unpaired) electrons. The number of fused-ring (bicyclic) bond motifs is 1. The lowest BCUT2D eigenvalue weighted by molar-refractivity contribution is -0.140. The number of nitrogens with two attached hydrogens (primary N) is 1. The Morgan fingerprint density at radius 1 is 0.821 bits per heavy atom. The molecule has 3 heterocycles. The lowest BCUT2D eigenvalue weighted by Crippen LogP contribution is -2.55. The molecular formula is C42H50N6O8. The monoisotopic (exact) mass is 766 g/mol. The molecule has 3 aromatic carbocycles. The fourth-order valence-corrected chi connectivity index (χ4v) is 7.14. The zero-order chi connectivity index (χ0) is 39.3. The Kier molecular flexibility index (Phi) is 14.1. The number of Topliss-reactive ketones (excluding diaryl/α,β-unsaturated/α-hetero) is 1.